The van der Waals surface area contributed by atoms with E-state index in [9.17, 15) is 9.59 Å². The first kappa shape index (κ1) is 20.1. The van der Waals surface area contributed by atoms with E-state index in [-0.39, 0.29) is 12.5 Å². The number of nitrogens with zero attached hydrogens (tertiary/aromatic N) is 3. The number of carbonyl (C=O) groups excluding carboxylic acids is 1. The van der Waals surface area contributed by atoms with Crippen molar-refractivity contribution in [2.24, 2.45) is 10.1 Å². The van der Waals surface area contributed by atoms with Crippen LogP contribution in [0.3, 0.4) is 0 Å². The highest BCUT2D eigenvalue weighted by atomic mass is 79.9. The van der Waals surface area contributed by atoms with E-state index in [4.69, 9.17) is 21.8 Å². The van der Waals surface area contributed by atoms with Crippen LogP contribution in [-0.2, 0) is 9.59 Å². The maximum Gasteiger partial charge on any atom is 0.305 e. The molecular formula is C20H15BrClN3O3S. The summed E-state index contributed by atoms with van der Waals surface area (Å²) in [5.41, 5.74) is 2.84. The summed E-state index contributed by atoms with van der Waals surface area (Å²) >= 11 is 10.6. The predicted molar refractivity (Wildman–Crippen MR) is 117 cm³/mol. The number of carboxylic acids is 1. The van der Waals surface area contributed by atoms with Crippen molar-refractivity contribution in [2.75, 3.05) is 0 Å². The zero-order chi connectivity index (χ0) is 20.5. The third-order valence-electron chi connectivity index (χ3n) is 4.63. The molecule has 2 unspecified atom stereocenters. The Labute approximate surface area is 184 Å². The van der Waals surface area contributed by atoms with Crippen molar-refractivity contribution in [1.82, 2.24) is 5.01 Å². The average molecular weight is 493 g/mol. The summed E-state index contributed by atoms with van der Waals surface area (Å²) in [4.78, 5) is 27.3. The van der Waals surface area contributed by atoms with Crippen LogP contribution in [0.5, 0.6) is 0 Å². The van der Waals surface area contributed by atoms with E-state index in [1.54, 1.807) is 5.01 Å². The second kappa shape index (κ2) is 8.30. The number of carbonyl (C=O) groups is 2. The summed E-state index contributed by atoms with van der Waals surface area (Å²) in [7, 11) is 0. The molecule has 9 heteroatoms. The van der Waals surface area contributed by atoms with E-state index < -0.39 is 17.1 Å². The van der Waals surface area contributed by atoms with Crippen molar-refractivity contribution < 1.29 is 14.7 Å². The maximum atomic E-state index is 12.2. The molecule has 2 aliphatic rings. The number of amides is 1. The predicted octanol–water partition coefficient (Wildman–Crippen LogP) is 4.73. The number of thioether (sulfide) groups is 1. The Morgan fingerprint density at radius 2 is 1.90 bits per heavy atom. The number of aliphatic imine (C=N–C) groups is 1. The quantitative estimate of drug-likeness (QED) is 0.667. The molecule has 0 bridgehead atoms. The Morgan fingerprint density at radius 3 is 2.55 bits per heavy atom. The third kappa shape index (κ3) is 4.39. The van der Waals surface area contributed by atoms with Gasteiger partial charge in [0.15, 0.2) is 5.17 Å². The van der Waals surface area contributed by atoms with E-state index in [1.807, 2.05) is 48.5 Å². The summed E-state index contributed by atoms with van der Waals surface area (Å²) in [5.74, 6) is -1.46. The topological polar surface area (TPSA) is 82.3 Å². The number of halogens is 2. The summed E-state index contributed by atoms with van der Waals surface area (Å²) in [6, 6.07) is 15.2. The van der Waals surface area contributed by atoms with Crippen LogP contribution in [0.25, 0.3) is 0 Å². The van der Waals surface area contributed by atoms with Crippen molar-refractivity contribution in [2.45, 2.75) is 24.1 Å². The van der Waals surface area contributed by atoms with Crippen molar-refractivity contribution in [3.63, 3.8) is 0 Å². The average Bonchev–Trinajstić information content (AvgIpc) is 3.27. The van der Waals surface area contributed by atoms with Crippen LogP contribution >= 0.6 is 39.3 Å². The van der Waals surface area contributed by atoms with Gasteiger partial charge in [0.25, 0.3) is 5.91 Å². The fraction of sp³-hybridized carbons (Fsp3) is 0.200. The summed E-state index contributed by atoms with van der Waals surface area (Å²) in [6.45, 7) is 0. The molecule has 2 heterocycles. The van der Waals surface area contributed by atoms with Gasteiger partial charge in [0.1, 0.15) is 5.25 Å². The van der Waals surface area contributed by atoms with Crippen LogP contribution in [0, 0.1) is 0 Å². The second-order valence-corrected chi connectivity index (χ2v) is 9.13. The van der Waals surface area contributed by atoms with Crippen LogP contribution in [0.15, 0.2) is 63.1 Å². The summed E-state index contributed by atoms with van der Waals surface area (Å²) in [6.07, 6.45) is 0.361. The molecule has 2 aliphatic heterocycles. The van der Waals surface area contributed by atoms with E-state index in [1.165, 1.54) is 0 Å². The number of hydrazone groups is 1. The van der Waals surface area contributed by atoms with E-state index in [0.29, 0.717) is 16.6 Å². The molecule has 0 aliphatic carbocycles. The monoisotopic (exact) mass is 491 g/mol. The Kier molecular flexibility index (Phi) is 5.76. The molecule has 4 rings (SSSR count). The third-order valence-corrected chi connectivity index (χ3v) is 6.55. The van der Waals surface area contributed by atoms with Gasteiger partial charge in [-0.25, -0.2) is 5.01 Å². The number of amidine groups is 1. The van der Waals surface area contributed by atoms with Gasteiger partial charge in [0.05, 0.1) is 18.2 Å². The molecule has 2 atom stereocenters. The first-order chi connectivity index (χ1) is 13.9. The number of rotatable bonds is 4. The molecular weight excluding hydrogens is 478 g/mol. The van der Waals surface area contributed by atoms with Gasteiger partial charge in [-0.2, -0.15) is 10.1 Å². The molecule has 2 aromatic rings. The van der Waals surface area contributed by atoms with Gasteiger partial charge in [-0.3, -0.25) is 9.59 Å². The minimum absolute atomic E-state index is 0.159. The van der Waals surface area contributed by atoms with Crippen LogP contribution in [0.2, 0.25) is 5.02 Å². The molecule has 148 valence electrons. The highest BCUT2D eigenvalue weighted by molar-refractivity contribution is 9.10. The molecule has 0 radical (unpaired) electrons. The first-order valence-electron chi connectivity index (χ1n) is 8.80. The van der Waals surface area contributed by atoms with Gasteiger partial charge in [0, 0.05) is 15.9 Å². The van der Waals surface area contributed by atoms with E-state index in [0.717, 1.165) is 33.1 Å². The fourth-order valence-corrected chi connectivity index (χ4v) is 4.65. The number of hydrogen-bond donors (Lipinski definition) is 1. The van der Waals surface area contributed by atoms with Crippen LogP contribution < -0.4 is 0 Å². The number of carboxylic acid groups (broad SMARTS) is 1. The molecule has 0 aromatic heterocycles. The first-order valence-corrected chi connectivity index (χ1v) is 10.8. The smallest absolute Gasteiger partial charge is 0.305 e. The molecule has 0 spiro atoms. The lowest BCUT2D eigenvalue weighted by atomic mass is 9.99. The minimum Gasteiger partial charge on any atom is -0.481 e. The van der Waals surface area contributed by atoms with Crippen molar-refractivity contribution in [1.29, 1.82) is 0 Å². The second-order valence-electron chi connectivity index (χ2n) is 6.61. The lowest BCUT2D eigenvalue weighted by molar-refractivity contribution is -0.138. The molecule has 1 amide bonds. The van der Waals surface area contributed by atoms with Crippen molar-refractivity contribution in [3.05, 3.63) is 69.2 Å². The minimum atomic E-state index is -1.03. The number of benzene rings is 2. The van der Waals surface area contributed by atoms with Gasteiger partial charge in [-0.1, -0.05) is 63.6 Å². The number of hydrogen-bond acceptors (Lipinski definition) is 5. The maximum absolute atomic E-state index is 12.2. The molecule has 1 N–H and O–H groups in total. The largest absolute Gasteiger partial charge is 0.481 e. The molecule has 0 saturated heterocycles. The van der Waals surface area contributed by atoms with Crippen LogP contribution in [-0.4, -0.2) is 38.1 Å². The summed E-state index contributed by atoms with van der Waals surface area (Å²) in [5, 5.41) is 15.9. The number of aliphatic carboxylic acids is 1. The highest BCUT2D eigenvalue weighted by Gasteiger charge is 2.39. The van der Waals surface area contributed by atoms with Crippen LogP contribution in [0.4, 0.5) is 0 Å². The van der Waals surface area contributed by atoms with Gasteiger partial charge < -0.3 is 5.11 Å². The normalized spacial score (nSPS) is 21.3. The van der Waals surface area contributed by atoms with Gasteiger partial charge in [0.2, 0.25) is 0 Å². The van der Waals surface area contributed by atoms with Gasteiger partial charge in [-0.05, 0) is 35.4 Å². The zero-order valence-corrected chi connectivity index (χ0v) is 18.1. The van der Waals surface area contributed by atoms with Gasteiger partial charge in [-0.15, -0.1) is 0 Å². The molecule has 29 heavy (non-hydrogen) atoms. The zero-order valence-electron chi connectivity index (χ0n) is 15.0. The van der Waals surface area contributed by atoms with E-state index >= 15 is 0 Å². The van der Waals surface area contributed by atoms with E-state index in [2.05, 4.69) is 20.9 Å². The highest BCUT2D eigenvalue weighted by Crippen LogP contribution is 2.38. The Balaban J connectivity index is 1.67. The molecule has 6 nitrogen and oxygen atoms in total. The lowest BCUT2D eigenvalue weighted by Gasteiger charge is -2.23. The van der Waals surface area contributed by atoms with Crippen molar-refractivity contribution >= 4 is 62.0 Å². The Bertz CT molecular complexity index is 1020. The van der Waals surface area contributed by atoms with Crippen molar-refractivity contribution in [3.8, 4) is 0 Å². The molecule has 0 saturated carbocycles. The summed E-state index contributed by atoms with van der Waals surface area (Å²) < 4.78 is 0.976. The van der Waals surface area contributed by atoms with Crippen LogP contribution in [0.1, 0.15) is 30.0 Å². The standard InChI is InChI=1S/C20H15BrClN3O3S/c21-13-5-1-11(2-6-13)15-9-16(12-3-7-14(22)8-4-12)25(24-15)20-23-19(28)17(29-20)10-18(26)27/h1-8,16-17H,9-10H2,(H,26,27). The Hall–Kier alpha value is -2.16. The molecule has 2 aromatic carbocycles. The van der Waals surface area contributed by atoms with Gasteiger partial charge >= 0.3 is 5.97 Å². The lowest BCUT2D eigenvalue weighted by Crippen LogP contribution is -2.24. The molecule has 0 fully saturated rings. The Morgan fingerprint density at radius 1 is 1.21 bits per heavy atom. The SMILES string of the molecule is O=C(O)CC1SC(N2N=C(c3ccc(Br)cc3)CC2c2ccc(Cl)cc2)=NC1=O. The fourth-order valence-electron chi connectivity index (χ4n) is 3.21.